The van der Waals surface area contributed by atoms with Gasteiger partial charge in [0.05, 0.1) is 0 Å². The fraction of sp³-hybridized carbons (Fsp3) is 0.611. The van der Waals surface area contributed by atoms with Gasteiger partial charge in [0.2, 0.25) is 0 Å². The third kappa shape index (κ3) is 4.66. The molecule has 1 aromatic carbocycles. The maximum Gasteiger partial charge on any atom is 0.251 e. The molecule has 1 aromatic rings. The standard InChI is InChI=1S/C18H27NO/c1-18(2,3)13-14-9-11-16(12-10-14)19-17(20)15-7-5-4-6-8-15/h4-8,14,16H,9-13H2,1-3H3,(H,19,20)/t14-,16+. The van der Waals surface area contributed by atoms with Gasteiger partial charge in [-0.05, 0) is 55.6 Å². The number of carbonyl (C=O) groups excluding carboxylic acids is 1. The van der Waals surface area contributed by atoms with E-state index in [1.54, 1.807) is 0 Å². The molecule has 2 heteroatoms. The molecule has 0 unspecified atom stereocenters. The minimum atomic E-state index is 0.0740. The summed E-state index contributed by atoms with van der Waals surface area (Å²) >= 11 is 0. The Hall–Kier alpha value is -1.31. The Labute approximate surface area is 123 Å². The monoisotopic (exact) mass is 273 g/mol. The van der Waals surface area contributed by atoms with Crippen molar-refractivity contribution in [1.82, 2.24) is 5.32 Å². The Morgan fingerprint density at radius 1 is 1.10 bits per heavy atom. The highest BCUT2D eigenvalue weighted by Gasteiger charge is 2.25. The second-order valence-corrected chi connectivity index (χ2v) is 7.32. The van der Waals surface area contributed by atoms with Crippen LogP contribution in [0.5, 0.6) is 0 Å². The molecule has 1 fully saturated rings. The number of hydrogen-bond acceptors (Lipinski definition) is 1. The molecular formula is C18H27NO. The van der Waals surface area contributed by atoms with Gasteiger partial charge in [-0.15, -0.1) is 0 Å². The number of hydrogen-bond donors (Lipinski definition) is 1. The Morgan fingerprint density at radius 2 is 1.70 bits per heavy atom. The topological polar surface area (TPSA) is 29.1 Å². The third-order valence-corrected chi connectivity index (χ3v) is 4.12. The van der Waals surface area contributed by atoms with E-state index in [2.05, 4.69) is 26.1 Å². The minimum Gasteiger partial charge on any atom is -0.349 e. The first-order valence-corrected chi connectivity index (χ1v) is 7.80. The van der Waals surface area contributed by atoms with Gasteiger partial charge in [-0.2, -0.15) is 0 Å². The molecule has 0 spiro atoms. The predicted molar refractivity (Wildman–Crippen MR) is 83.7 cm³/mol. The molecule has 0 aliphatic heterocycles. The van der Waals surface area contributed by atoms with Gasteiger partial charge in [0, 0.05) is 11.6 Å². The molecule has 2 nitrogen and oxygen atoms in total. The first-order valence-electron chi connectivity index (χ1n) is 7.80. The van der Waals surface area contributed by atoms with Crippen molar-refractivity contribution in [2.24, 2.45) is 11.3 Å². The SMILES string of the molecule is CC(C)(C)C[C@H]1CC[C@@H](NC(=O)c2ccccc2)CC1. The fourth-order valence-electron chi connectivity index (χ4n) is 3.24. The van der Waals surface area contributed by atoms with E-state index in [0.29, 0.717) is 11.5 Å². The van der Waals surface area contributed by atoms with Crippen molar-refractivity contribution in [3.05, 3.63) is 35.9 Å². The van der Waals surface area contributed by atoms with Crippen LogP contribution in [0, 0.1) is 11.3 Å². The smallest absolute Gasteiger partial charge is 0.251 e. The van der Waals surface area contributed by atoms with Crippen LogP contribution in [0.25, 0.3) is 0 Å². The molecule has 1 N–H and O–H groups in total. The Bertz CT molecular complexity index is 424. The minimum absolute atomic E-state index is 0.0740. The number of nitrogens with one attached hydrogen (secondary N) is 1. The van der Waals surface area contributed by atoms with Crippen LogP contribution in [0.1, 0.15) is 63.2 Å². The first-order chi connectivity index (χ1) is 9.44. The van der Waals surface area contributed by atoms with Gasteiger partial charge < -0.3 is 5.32 Å². The summed E-state index contributed by atoms with van der Waals surface area (Å²) in [5.74, 6) is 0.907. The van der Waals surface area contributed by atoms with E-state index in [4.69, 9.17) is 0 Å². The van der Waals surface area contributed by atoms with Gasteiger partial charge in [-0.3, -0.25) is 4.79 Å². The molecule has 2 rings (SSSR count). The zero-order chi connectivity index (χ0) is 14.6. The van der Waals surface area contributed by atoms with Crippen molar-refractivity contribution in [2.75, 3.05) is 0 Å². The normalized spacial score (nSPS) is 23.4. The molecule has 0 aromatic heterocycles. The quantitative estimate of drug-likeness (QED) is 0.868. The van der Waals surface area contributed by atoms with Gasteiger partial charge in [0.15, 0.2) is 0 Å². The Kier molecular flexibility index (Phi) is 4.85. The van der Waals surface area contributed by atoms with E-state index in [0.717, 1.165) is 24.3 Å². The van der Waals surface area contributed by atoms with E-state index >= 15 is 0 Å². The Balaban J connectivity index is 1.79. The van der Waals surface area contributed by atoms with Gasteiger partial charge in [-0.1, -0.05) is 39.0 Å². The lowest BCUT2D eigenvalue weighted by Gasteiger charge is -2.33. The van der Waals surface area contributed by atoms with E-state index in [-0.39, 0.29) is 5.91 Å². The van der Waals surface area contributed by atoms with Crippen molar-refractivity contribution < 1.29 is 4.79 Å². The maximum atomic E-state index is 12.1. The van der Waals surface area contributed by atoms with Crippen molar-refractivity contribution >= 4 is 5.91 Å². The summed E-state index contributed by atoms with van der Waals surface area (Å²) in [6.45, 7) is 6.95. The highest BCUT2D eigenvalue weighted by atomic mass is 16.1. The molecule has 110 valence electrons. The Morgan fingerprint density at radius 3 is 2.25 bits per heavy atom. The van der Waals surface area contributed by atoms with Gasteiger partial charge >= 0.3 is 0 Å². The summed E-state index contributed by atoms with van der Waals surface area (Å²) in [7, 11) is 0. The van der Waals surface area contributed by atoms with Crippen LogP contribution < -0.4 is 5.32 Å². The number of rotatable bonds is 3. The van der Waals surface area contributed by atoms with Crippen LogP contribution in [0.15, 0.2) is 30.3 Å². The number of amides is 1. The zero-order valence-corrected chi connectivity index (χ0v) is 13.0. The predicted octanol–water partition coefficient (Wildman–Crippen LogP) is 4.41. The molecule has 1 aliphatic rings. The molecule has 0 bridgehead atoms. The summed E-state index contributed by atoms with van der Waals surface area (Å²) < 4.78 is 0. The van der Waals surface area contributed by atoms with Crippen LogP contribution in [-0.4, -0.2) is 11.9 Å². The number of benzene rings is 1. The summed E-state index contributed by atoms with van der Waals surface area (Å²) in [5, 5.41) is 3.18. The van der Waals surface area contributed by atoms with E-state index in [1.807, 2.05) is 30.3 Å². The summed E-state index contributed by atoms with van der Waals surface area (Å²) in [6.07, 6.45) is 6.04. The molecule has 1 saturated carbocycles. The van der Waals surface area contributed by atoms with Crippen LogP contribution >= 0.6 is 0 Å². The van der Waals surface area contributed by atoms with Crippen molar-refractivity contribution in [2.45, 2.75) is 58.9 Å². The molecular weight excluding hydrogens is 246 g/mol. The van der Waals surface area contributed by atoms with Gasteiger partial charge in [-0.25, -0.2) is 0 Å². The third-order valence-electron chi connectivity index (χ3n) is 4.12. The van der Waals surface area contributed by atoms with Crippen molar-refractivity contribution in [3.8, 4) is 0 Å². The average molecular weight is 273 g/mol. The highest BCUT2D eigenvalue weighted by molar-refractivity contribution is 5.94. The van der Waals surface area contributed by atoms with Gasteiger partial charge in [0.1, 0.15) is 0 Å². The summed E-state index contributed by atoms with van der Waals surface area (Å²) in [6, 6.07) is 9.87. The number of carbonyl (C=O) groups is 1. The zero-order valence-electron chi connectivity index (χ0n) is 13.0. The molecule has 1 aliphatic carbocycles. The summed E-state index contributed by atoms with van der Waals surface area (Å²) in [5.41, 5.74) is 1.19. The van der Waals surface area contributed by atoms with Crippen molar-refractivity contribution in [3.63, 3.8) is 0 Å². The second kappa shape index (κ2) is 6.43. The molecule has 1 amide bonds. The lowest BCUT2D eigenvalue weighted by molar-refractivity contribution is 0.0917. The fourth-order valence-corrected chi connectivity index (χ4v) is 3.24. The summed E-state index contributed by atoms with van der Waals surface area (Å²) in [4.78, 5) is 12.1. The molecule has 0 heterocycles. The van der Waals surface area contributed by atoms with E-state index < -0.39 is 0 Å². The van der Waals surface area contributed by atoms with E-state index in [9.17, 15) is 4.79 Å². The van der Waals surface area contributed by atoms with Gasteiger partial charge in [0.25, 0.3) is 5.91 Å². The molecule has 20 heavy (non-hydrogen) atoms. The highest BCUT2D eigenvalue weighted by Crippen LogP contribution is 2.34. The largest absolute Gasteiger partial charge is 0.349 e. The van der Waals surface area contributed by atoms with Crippen LogP contribution in [0.3, 0.4) is 0 Å². The average Bonchev–Trinajstić information content (AvgIpc) is 2.40. The molecule has 0 saturated heterocycles. The maximum absolute atomic E-state index is 12.1. The molecule has 0 atom stereocenters. The second-order valence-electron chi connectivity index (χ2n) is 7.32. The lowest BCUT2D eigenvalue weighted by atomic mass is 9.76. The van der Waals surface area contributed by atoms with Crippen LogP contribution in [-0.2, 0) is 0 Å². The van der Waals surface area contributed by atoms with Crippen molar-refractivity contribution in [1.29, 1.82) is 0 Å². The lowest BCUT2D eigenvalue weighted by Crippen LogP contribution is -2.38. The first kappa shape index (κ1) is 15.1. The van der Waals surface area contributed by atoms with E-state index in [1.165, 1.54) is 19.3 Å². The van der Waals surface area contributed by atoms with Crippen LogP contribution in [0.4, 0.5) is 0 Å². The van der Waals surface area contributed by atoms with Crippen LogP contribution in [0.2, 0.25) is 0 Å². The molecule has 0 radical (unpaired) electrons.